The highest BCUT2D eigenvalue weighted by molar-refractivity contribution is 5.87. The van der Waals surface area contributed by atoms with Crippen molar-refractivity contribution in [2.24, 2.45) is 7.05 Å². The molecule has 0 radical (unpaired) electrons. The van der Waals surface area contributed by atoms with E-state index in [4.69, 9.17) is 4.74 Å². The number of hydrogen-bond acceptors (Lipinski definition) is 1. The minimum absolute atomic E-state index is 0.870. The summed E-state index contributed by atoms with van der Waals surface area (Å²) >= 11 is 0. The number of benzene rings is 3. The molecule has 0 aliphatic rings. The van der Waals surface area contributed by atoms with Gasteiger partial charge in [-0.05, 0) is 41.8 Å². The summed E-state index contributed by atoms with van der Waals surface area (Å²) in [5, 5.41) is 0. The lowest BCUT2D eigenvalue weighted by atomic mass is 10.0. The monoisotopic (exact) mass is 353 g/mol. The summed E-state index contributed by atoms with van der Waals surface area (Å²) in [7, 11) is 3.84. The Balaban J connectivity index is 1.93. The highest BCUT2D eigenvalue weighted by atomic mass is 16.5. The van der Waals surface area contributed by atoms with E-state index in [2.05, 4.69) is 91.3 Å². The molecule has 1 heterocycles. The first-order valence-corrected chi connectivity index (χ1v) is 9.14. The van der Waals surface area contributed by atoms with Crippen LogP contribution >= 0.6 is 0 Å². The maximum absolute atomic E-state index is 5.32. The maximum Gasteiger partial charge on any atom is 0.118 e. The van der Waals surface area contributed by atoms with Crippen molar-refractivity contribution in [2.45, 2.75) is 6.92 Å². The Morgan fingerprint density at radius 1 is 0.704 bits per heavy atom. The van der Waals surface area contributed by atoms with Crippen LogP contribution in [0.4, 0.5) is 0 Å². The fourth-order valence-corrected chi connectivity index (χ4v) is 3.54. The van der Waals surface area contributed by atoms with Crippen molar-refractivity contribution in [3.05, 3.63) is 90.5 Å². The predicted molar refractivity (Wildman–Crippen MR) is 113 cm³/mol. The van der Waals surface area contributed by atoms with Crippen molar-refractivity contribution in [1.82, 2.24) is 4.57 Å². The van der Waals surface area contributed by atoms with E-state index in [0.717, 1.165) is 5.75 Å². The third-order valence-electron chi connectivity index (χ3n) is 5.03. The average molecular weight is 353 g/mol. The standard InChI is InChI=1S/C25H23NO/c1-18-9-11-20(12-10-18)24-17-23(19-13-15-22(27-3)16-14-19)25(26(24)2)21-7-5-4-6-8-21/h4-17H,1-3H3. The van der Waals surface area contributed by atoms with Gasteiger partial charge < -0.3 is 9.30 Å². The zero-order chi connectivity index (χ0) is 18.8. The zero-order valence-electron chi connectivity index (χ0n) is 15.9. The van der Waals surface area contributed by atoms with E-state index in [9.17, 15) is 0 Å². The molecule has 2 heteroatoms. The minimum Gasteiger partial charge on any atom is -0.497 e. The number of aryl methyl sites for hydroxylation is 1. The molecule has 0 saturated heterocycles. The van der Waals surface area contributed by atoms with E-state index in [1.807, 2.05) is 12.1 Å². The summed E-state index contributed by atoms with van der Waals surface area (Å²) in [5.41, 5.74) is 8.54. The van der Waals surface area contributed by atoms with Gasteiger partial charge in [0.2, 0.25) is 0 Å². The number of hydrogen-bond donors (Lipinski definition) is 0. The molecule has 4 rings (SSSR count). The first kappa shape index (κ1) is 17.2. The Morgan fingerprint density at radius 2 is 1.33 bits per heavy atom. The lowest BCUT2D eigenvalue weighted by molar-refractivity contribution is 0.415. The van der Waals surface area contributed by atoms with E-state index < -0.39 is 0 Å². The van der Waals surface area contributed by atoms with Crippen LogP contribution in [0, 0.1) is 6.92 Å². The quantitative estimate of drug-likeness (QED) is 0.417. The molecular weight excluding hydrogens is 330 g/mol. The van der Waals surface area contributed by atoms with Gasteiger partial charge in [-0.15, -0.1) is 0 Å². The molecule has 0 amide bonds. The van der Waals surface area contributed by atoms with E-state index in [1.54, 1.807) is 7.11 Å². The Labute approximate surface area is 160 Å². The van der Waals surface area contributed by atoms with Crippen LogP contribution in [0.25, 0.3) is 33.6 Å². The van der Waals surface area contributed by atoms with Crippen LogP contribution in [0.5, 0.6) is 5.75 Å². The molecular formula is C25H23NO. The molecule has 0 saturated carbocycles. The molecule has 0 fully saturated rings. The van der Waals surface area contributed by atoms with Gasteiger partial charge in [-0.1, -0.05) is 72.3 Å². The summed E-state index contributed by atoms with van der Waals surface area (Å²) in [5.74, 6) is 0.870. The molecule has 4 aromatic rings. The first-order valence-electron chi connectivity index (χ1n) is 9.14. The number of ether oxygens (including phenoxy) is 1. The van der Waals surface area contributed by atoms with Crippen molar-refractivity contribution in [1.29, 1.82) is 0 Å². The molecule has 0 N–H and O–H groups in total. The lowest BCUT2D eigenvalue weighted by Crippen LogP contribution is -1.95. The minimum atomic E-state index is 0.870. The van der Waals surface area contributed by atoms with Gasteiger partial charge in [-0.25, -0.2) is 0 Å². The predicted octanol–water partition coefficient (Wildman–Crippen LogP) is 6.34. The van der Waals surface area contributed by atoms with Gasteiger partial charge in [0.05, 0.1) is 12.8 Å². The molecule has 0 atom stereocenters. The van der Waals surface area contributed by atoms with Crippen LogP contribution in [0.1, 0.15) is 5.56 Å². The number of methoxy groups -OCH3 is 1. The molecule has 27 heavy (non-hydrogen) atoms. The molecule has 1 aromatic heterocycles. The molecule has 2 nitrogen and oxygen atoms in total. The summed E-state index contributed by atoms with van der Waals surface area (Å²) < 4.78 is 7.62. The first-order chi connectivity index (χ1) is 13.2. The van der Waals surface area contributed by atoms with E-state index >= 15 is 0 Å². The maximum atomic E-state index is 5.32. The SMILES string of the molecule is COc1ccc(-c2cc(-c3ccc(C)cc3)n(C)c2-c2ccccc2)cc1. The smallest absolute Gasteiger partial charge is 0.118 e. The van der Waals surface area contributed by atoms with Gasteiger partial charge in [0.25, 0.3) is 0 Å². The van der Waals surface area contributed by atoms with Crippen LogP contribution in [0.2, 0.25) is 0 Å². The summed E-state index contributed by atoms with van der Waals surface area (Å²) in [6.07, 6.45) is 0. The normalized spacial score (nSPS) is 10.8. The van der Waals surface area contributed by atoms with E-state index in [-0.39, 0.29) is 0 Å². The second kappa shape index (κ2) is 7.16. The second-order valence-corrected chi connectivity index (χ2v) is 6.81. The third-order valence-corrected chi connectivity index (χ3v) is 5.03. The molecule has 0 aliphatic heterocycles. The van der Waals surface area contributed by atoms with Crippen LogP contribution < -0.4 is 4.74 Å². The van der Waals surface area contributed by atoms with Gasteiger partial charge in [0, 0.05) is 18.3 Å². The van der Waals surface area contributed by atoms with Gasteiger partial charge >= 0.3 is 0 Å². The van der Waals surface area contributed by atoms with Gasteiger partial charge in [-0.3, -0.25) is 0 Å². The Morgan fingerprint density at radius 3 is 1.96 bits per heavy atom. The third kappa shape index (κ3) is 3.26. The molecule has 134 valence electrons. The molecule has 0 unspecified atom stereocenters. The Bertz CT molecular complexity index is 1040. The van der Waals surface area contributed by atoms with Crippen molar-refractivity contribution in [3.8, 4) is 39.4 Å². The van der Waals surface area contributed by atoms with Crippen molar-refractivity contribution >= 4 is 0 Å². The van der Waals surface area contributed by atoms with E-state index in [0.29, 0.717) is 0 Å². The second-order valence-electron chi connectivity index (χ2n) is 6.81. The highest BCUT2D eigenvalue weighted by Gasteiger charge is 2.17. The molecule has 0 aliphatic carbocycles. The summed E-state index contributed by atoms with van der Waals surface area (Å²) in [4.78, 5) is 0. The topological polar surface area (TPSA) is 14.2 Å². The number of nitrogens with zero attached hydrogens (tertiary/aromatic N) is 1. The lowest BCUT2D eigenvalue weighted by Gasteiger charge is -2.11. The van der Waals surface area contributed by atoms with Crippen molar-refractivity contribution < 1.29 is 4.74 Å². The largest absolute Gasteiger partial charge is 0.497 e. The molecule has 0 bridgehead atoms. The van der Waals surface area contributed by atoms with Crippen LogP contribution in [0.15, 0.2) is 84.9 Å². The van der Waals surface area contributed by atoms with Crippen LogP contribution in [-0.4, -0.2) is 11.7 Å². The highest BCUT2D eigenvalue weighted by Crippen LogP contribution is 2.38. The summed E-state index contributed by atoms with van der Waals surface area (Å²) in [6.45, 7) is 2.12. The van der Waals surface area contributed by atoms with Gasteiger partial charge in [-0.2, -0.15) is 0 Å². The fraction of sp³-hybridized carbons (Fsp3) is 0.120. The molecule has 0 spiro atoms. The Kier molecular flexibility index (Phi) is 4.55. The van der Waals surface area contributed by atoms with E-state index in [1.165, 1.54) is 39.2 Å². The fourth-order valence-electron chi connectivity index (χ4n) is 3.54. The van der Waals surface area contributed by atoms with Crippen LogP contribution in [0.3, 0.4) is 0 Å². The summed E-state index contributed by atoms with van der Waals surface area (Å²) in [6, 6.07) is 29.9. The van der Waals surface area contributed by atoms with Gasteiger partial charge in [0.15, 0.2) is 0 Å². The van der Waals surface area contributed by atoms with Gasteiger partial charge in [0.1, 0.15) is 5.75 Å². The number of rotatable bonds is 4. The number of aromatic nitrogens is 1. The van der Waals surface area contributed by atoms with Crippen molar-refractivity contribution in [3.63, 3.8) is 0 Å². The van der Waals surface area contributed by atoms with Crippen LogP contribution in [-0.2, 0) is 7.05 Å². The Hall–Kier alpha value is -3.26. The average Bonchev–Trinajstić information content (AvgIpc) is 3.06. The molecule has 3 aromatic carbocycles. The van der Waals surface area contributed by atoms with Crippen molar-refractivity contribution in [2.75, 3.05) is 7.11 Å². The zero-order valence-corrected chi connectivity index (χ0v) is 15.9.